The number of methoxy groups -OCH3 is 1. The summed E-state index contributed by atoms with van der Waals surface area (Å²) in [5.41, 5.74) is 0.935. The lowest BCUT2D eigenvalue weighted by Gasteiger charge is -2.03. The molecular weight excluding hydrogens is 242 g/mol. The van der Waals surface area contributed by atoms with Crippen molar-refractivity contribution in [3.05, 3.63) is 59.0 Å². The predicted octanol–water partition coefficient (Wildman–Crippen LogP) is 2.86. The van der Waals surface area contributed by atoms with Crippen molar-refractivity contribution < 1.29 is 9.15 Å². The van der Waals surface area contributed by atoms with Gasteiger partial charge in [-0.3, -0.25) is 0 Å². The Bertz CT molecular complexity index is 778. The number of hydrogen-bond donors (Lipinski definition) is 0. The zero-order chi connectivity index (χ0) is 13.2. The second-order valence-corrected chi connectivity index (χ2v) is 4.06. The van der Waals surface area contributed by atoms with Gasteiger partial charge in [-0.2, -0.15) is 0 Å². The normalized spacial score (nSPS) is 10.6. The van der Waals surface area contributed by atoms with Crippen LogP contribution in [0.1, 0.15) is 0 Å². The number of benzene rings is 2. The van der Waals surface area contributed by atoms with Crippen LogP contribution in [-0.2, 0) is 0 Å². The van der Waals surface area contributed by atoms with Crippen LogP contribution in [0.5, 0.6) is 5.75 Å². The summed E-state index contributed by atoms with van der Waals surface area (Å²) in [6.45, 7) is 0. The number of rotatable bonds is 2. The summed E-state index contributed by atoms with van der Waals surface area (Å²) >= 11 is 0. The average molecular weight is 253 g/mol. The van der Waals surface area contributed by atoms with Crippen molar-refractivity contribution in [3.63, 3.8) is 0 Å². The van der Waals surface area contributed by atoms with Crippen molar-refractivity contribution in [3.8, 4) is 17.2 Å². The maximum atomic E-state index is 11.9. The first-order valence-electron chi connectivity index (χ1n) is 5.82. The largest absolute Gasteiger partial charge is 0.497 e. The van der Waals surface area contributed by atoms with Gasteiger partial charge < -0.3 is 9.15 Å². The van der Waals surface area contributed by atoms with E-state index < -0.39 is 5.63 Å². The van der Waals surface area contributed by atoms with Crippen LogP contribution in [0.3, 0.4) is 0 Å². The van der Waals surface area contributed by atoms with Crippen LogP contribution < -0.4 is 10.4 Å². The third-order valence-electron chi connectivity index (χ3n) is 2.86. The zero-order valence-corrected chi connectivity index (χ0v) is 10.3. The van der Waals surface area contributed by atoms with Crippen LogP contribution in [0.4, 0.5) is 0 Å². The van der Waals surface area contributed by atoms with Gasteiger partial charge in [-0.15, -0.1) is 0 Å². The Labute approximate surface area is 109 Å². The monoisotopic (exact) mass is 253 g/mol. The van der Waals surface area contributed by atoms with Crippen LogP contribution >= 0.6 is 0 Å². The molecule has 4 heteroatoms. The lowest BCUT2D eigenvalue weighted by atomic mass is 10.2. The van der Waals surface area contributed by atoms with Gasteiger partial charge in [0.05, 0.1) is 18.0 Å². The Morgan fingerprint density at radius 3 is 2.63 bits per heavy atom. The first-order chi connectivity index (χ1) is 9.28. The first kappa shape index (κ1) is 11.5. The molecule has 94 valence electrons. The molecule has 0 amide bonds. The van der Waals surface area contributed by atoms with Gasteiger partial charge in [0, 0.05) is 11.6 Å². The van der Waals surface area contributed by atoms with E-state index in [1.807, 2.05) is 30.3 Å². The minimum atomic E-state index is -0.397. The molecule has 0 saturated carbocycles. The van der Waals surface area contributed by atoms with Crippen LogP contribution in [0.2, 0.25) is 0 Å². The molecule has 0 saturated heterocycles. The van der Waals surface area contributed by atoms with E-state index in [-0.39, 0.29) is 0 Å². The summed E-state index contributed by atoms with van der Waals surface area (Å²) in [6, 6.07) is 14.4. The van der Waals surface area contributed by atoms with Crippen LogP contribution in [0.15, 0.2) is 57.7 Å². The van der Waals surface area contributed by atoms with Gasteiger partial charge in [0.1, 0.15) is 5.75 Å². The molecular formula is C15H11NO3. The molecule has 1 heterocycles. The number of fused-ring (bicyclic) bond motifs is 1. The Morgan fingerprint density at radius 1 is 1.11 bits per heavy atom. The van der Waals surface area contributed by atoms with Crippen molar-refractivity contribution in [2.45, 2.75) is 0 Å². The molecule has 0 unspecified atom stereocenters. The van der Waals surface area contributed by atoms with Gasteiger partial charge in [0.2, 0.25) is 5.89 Å². The Hall–Kier alpha value is -2.62. The third-order valence-corrected chi connectivity index (χ3v) is 2.86. The first-order valence-corrected chi connectivity index (χ1v) is 5.82. The fourth-order valence-electron chi connectivity index (χ4n) is 1.88. The SMILES string of the molecule is COc1ccc2c(=O)oc(-c3ccccc3)nc2c1. The van der Waals surface area contributed by atoms with Gasteiger partial charge >= 0.3 is 5.63 Å². The molecule has 0 aliphatic rings. The summed E-state index contributed by atoms with van der Waals surface area (Å²) in [4.78, 5) is 16.3. The van der Waals surface area contributed by atoms with Crippen molar-refractivity contribution >= 4 is 10.9 Å². The lowest BCUT2D eigenvalue weighted by molar-refractivity contribution is 0.415. The molecule has 0 N–H and O–H groups in total. The van der Waals surface area contributed by atoms with Crippen molar-refractivity contribution in [2.75, 3.05) is 7.11 Å². The zero-order valence-electron chi connectivity index (χ0n) is 10.3. The molecule has 0 aliphatic heterocycles. The smallest absolute Gasteiger partial charge is 0.347 e. The van der Waals surface area contributed by atoms with Crippen molar-refractivity contribution in [2.24, 2.45) is 0 Å². The van der Waals surface area contributed by atoms with E-state index in [1.54, 1.807) is 25.3 Å². The molecule has 1 aromatic heterocycles. The van der Waals surface area contributed by atoms with Gasteiger partial charge in [-0.1, -0.05) is 18.2 Å². The Kier molecular flexibility index (Phi) is 2.76. The molecule has 0 fully saturated rings. The molecule has 4 nitrogen and oxygen atoms in total. The topological polar surface area (TPSA) is 52.3 Å². The van der Waals surface area contributed by atoms with E-state index >= 15 is 0 Å². The van der Waals surface area contributed by atoms with Gasteiger partial charge in [0.15, 0.2) is 0 Å². The predicted molar refractivity (Wildman–Crippen MR) is 72.3 cm³/mol. The summed E-state index contributed by atoms with van der Waals surface area (Å²) in [6.07, 6.45) is 0. The molecule has 0 spiro atoms. The highest BCUT2D eigenvalue weighted by molar-refractivity contribution is 5.80. The number of ether oxygens (including phenoxy) is 1. The van der Waals surface area contributed by atoms with E-state index in [0.717, 1.165) is 5.56 Å². The summed E-state index contributed by atoms with van der Waals surface area (Å²) in [5, 5.41) is 0.445. The number of hydrogen-bond acceptors (Lipinski definition) is 4. The third kappa shape index (κ3) is 2.08. The van der Waals surface area contributed by atoms with E-state index in [9.17, 15) is 4.79 Å². The second-order valence-electron chi connectivity index (χ2n) is 4.06. The maximum absolute atomic E-state index is 11.9. The molecule has 0 atom stereocenters. The Morgan fingerprint density at radius 2 is 1.89 bits per heavy atom. The summed E-state index contributed by atoms with van der Waals surface area (Å²) < 4.78 is 10.4. The maximum Gasteiger partial charge on any atom is 0.347 e. The molecule has 19 heavy (non-hydrogen) atoms. The molecule has 3 rings (SSSR count). The summed E-state index contributed by atoms with van der Waals surface area (Å²) in [5.74, 6) is 0.968. The van der Waals surface area contributed by atoms with Crippen LogP contribution in [0.25, 0.3) is 22.4 Å². The lowest BCUT2D eigenvalue weighted by Crippen LogP contribution is -2.03. The minimum absolute atomic E-state index is 0.311. The summed E-state index contributed by atoms with van der Waals surface area (Å²) in [7, 11) is 1.57. The van der Waals surface area contributed by atoms with Crippen molar-refractivity contribution in [1.82, 2.24) is 4.98 Å². The standard InChI is InChI=1S/C15H11NO3/c1-18-11-7-8-12-13(9-11)16-14(19-15(12)17)10-5-3-2-4-6-10/h2-9H,1H3. The number of nitrogens with zero attached hydrogens (tertiary/aromatic N) is 1. The highest BCUT2D eigenvalue weighted by atomic mass is 16.5. The Balaban J connectivity index is 2.26. The molecule has 3 aromatic rings. The molecule has 0 bridgehead atoms. The van der Waals surface area contributed by atoms with Crippen LogP contribution in [0, 0.1) is 0 Å². The van der Waals surface area contributed by atoms with Gasteiger partial charge in [-0.05, 0) is 24.3 Å². The van der Waals surface area contributed by atoms with Crippen LogP contribution in [-0.4, -0.2) is 12.1 Å². The minimum Gasteiger partial charge on any atom is -0.497 e. The van der Waals surface area contributed by atoms with Crippen molar-refractivity contribution in [1.29, 1.82) is 0 Å². The van der Waals surface area contributed by atoms with E-state index in [0.29, 0.717) is 22.5 Å². The average Bonchev–Trinajstić information content (AvgIpc) is 2.47. The molecule has 0 radical (unpaired) electrons. The van der Waals surface area contributed by atoms with E-state index in [4.69, 9.17) is 9.15 Å². The highest BCUT2D eigenvalue weighted by Gasteiger charge is 2.08. The quantitative estimate of drug-likeness (QED) is 0.704. The number of aromatic nitrogens is 1. The molecule has 2 aromatic carbocycles. The van der Waals surface area contributed by atoms with Gasteiger partial charge in [-0.25, -0.2) is 9.78 Å². The van der Waals surface area contributed by atoms with E-state index in [1.165, 1.54) is 0 Å². The van der Waals surface area contributed by atoms with E-state index in [2.05, 4.69) is 4.98 Å². The molecule has 0 aliphatic carbocycles. The van der Waals surface area contributed by atoms with Gasteiger partial charge in [0.25, 0.3) is 0 Å². The fraction of sp³-hybridized carbons (Fsp3) is 0.0667. The fourth-order valence-corrected chi connectivity index (χ4v) is 1.88. The highest BCUT2D eigenvalue weighted by Crippen LogP contribution is 2.21. The second kappa shape index (κ2) is 4.57.